The smallest absolute Gasteiger partial charge is 0.309 e. The van der Waals surface area contributed by atoms with Crippen molar-refractivity contribution in [3.63, 3.8) is 0 Å². The van der Waals surface area contributed by atoms with E-state index in [1.54, 1.807) is 0 Å². The third-order valence-electron chi connectivity index (χ3n) is 2.08. The molecule has 1 aromatic rings. The van der Waals surface area contributed by atoms with Crippen LogP contribution in [0.15, 0.2) is 18.2 Å². The van der Waals surface area contributed by atoms with Crippen LogP contribution in [-0.2, 0) is 16.1 Å². The Morgan fingerprint density at radius 3 is 2.42 bits per heavy atom. The SMILES string of the molecule is NC(=S)CNC(=O)C(=O)NCc1ccc(F)cc1F. The van der Waals surface area contributed by atoms with Crippen LogP contribution in [0.4, 0.5) is 8.78 Å². The van der Waals surface area contributed by atoms with Gasteiger partial charge in [0.2, 0.25) is 0 Å². The fraction of sp³-hybridized carbons (Fsp3) is 0.182. The third kappa shape index (κ3) is 4.96. The van der Waals surface area contributed by atoms with Crippen LogP contribution in [0, 0.1) is 11.6 Å². The number of carbonyl (C=O) groups is 2. The quantitative estimate of drug-likeness (QED) is 0.537. The molecule has 0 aliphatic heterocycles. The molecule has 0 aliphatic rings. The van der Waals surface area contributed by atoms with E-state index in [1.165, 1.54) is 6.07 Å². The molecular weight excluding hydrogens is 276 g/mol. The molecular formula is C11H11F2N3O2S. The first-order valence-electron chi connectivity index (χ1n) is 5.18. The highest BCUT2D eigenvalue weighted by atomic mass is 32.1. The van der Waals surface area contributed by atoms with Crippen molar-refractivity contribution in [3.8, 4) is 0 Å². The Bertz CT molecular complexity index is 523. The molecule has 0 fully saturated rings. The van der Waals surface area contributed by atoms with Gasteiger partial charge in [0, 0.05) is 18.2 Å². The zero-order valence-electron chi connectivity index (χ0n) is 9.70. The minimum absolute atomic E-state index is 0.0331. The molecule has 0 saturated carbocycles. The highest BCUT2D eigenvalue weighted by Crippen LogP contribution is 2.08. The second kappa shape index (κ2) is 6.74. The van der Waals surface area contributed by atoms with Gasteiger partial charge < -0.3 is 16.4 Å². The van der Waals surface area contributed by atoms with Gasteiger partial charge >= 0.3 is 11.8 Å². The van der Waals surface area contributed by atoms with E-state index in [0.29, 0.717) is 6.07 Å². The first-order valence-corrected chi connectivity index (χ1v) is 5.59. The molecule has 19 heavy (non-hydrogen) atoms. The Morgan fingerprint density at radius 2 is 1.84 bits per heavy atom. The maximum atomic E-state index is 13.2. The van der Waals surface area contributed by atoms with Crippen LogP contribution in [0.25, 0.3) is 0 Å². The number of halogens is 2. The van der Waals surface area contributed by atoms with E-state index in [2.05, 4.69) is 22.9 Å². The molecule has 0 atom stereocenters. The van der Waals surface area contributed by atoms with Gasteiger partial charge in [0.05, 0.1) is 11.5 Å². The second-order valence-electron chi connectivity index (χ2n) is 3.57. The van der Waals surface area contributed by atoms with Crippen LogP contribution in [0.3, 0.4) is 0 Å². The molecule has 0 unspecified atom stereocenters. The van der Waals surface area contributed by atoms with Crippen LogP contribution in [-0.4, -0.2) is 23.3 Å². The summed E-state index contributed by atoms with van der Waals surface area (Å²) in [5.74, 6) is -3.42. The Balaban J connectivity index is 2.49. The number of benzene rings is 1. The van der Waals surface area contributed by atoms with E-state index in [1.807, 2.05) is 0 Å². The van der Waals surface area contributed by atoms with E-state index in [-0.39, 0.29) is 23.6 Å². The van der Waals surface area contributed by atoms with E-state index >= 15 is 0 Å². The van der Waals surface area contributed by atoms with Crippen molar-refractivity contribution >= 4 is 29.0 Å². The van der Waals surface area contributed by atoms with E-state index in [4.69, 9.17) is 5.73 Å². The fourth-order valence-corrected chi connectivity index (χ4v) is 1.24. The zero-order chi connectivity index (χ0) is 14.4. The zero-order valence-corrected chi connectivity index (χ0v) is 10.5. The summed E-state index contributed by atoms with van der Waals surface area (Å²) < 4.78 is 25.9. The van der Waals surface area contributed by atoms with Gasteiger partial charge in [-0.25, -0.2) is 8.78 Å². The number of amides is 2. The lowest BCUT2D eigenvalue weighted by molar-refractivity contribution is -0.139. The average Bonchev–Trinajstić information content (AvgIpc) is 2.34. The van der Waals surface area contributed by atoms with Crippen LogP contribution in [0.2, 0.25) is 0 Å². The monoisotopic (exact) mass is 287 g/mol. The fourth-order valence-electron chi connectivity index (χ4n) is 1.17. The van der Waals surface area contributed by atoms with E-state index in [9.17, 15) is 18.4 Å². The van der Waals surface area contributed by atoms with E-state index in [0.717, 1.165) is 6.07 Å². The third-order valence-corrected chi connectivity index (χ3v) is 2.23. The summed E-state index contributed by atoms with van der Waals surface area (Å²) in [6, 6.07) is 2.92. The van der Waals surface area contributed by atoms with Gasteiger partial charge in [-0.3, -0.25) is 9.59 Å². The lowest BCUT2D eigenvalue weighted by atomic mass is 10.2. The molecule has 0 aliphatic carbocycles. The lowest BCUT2D eigenvalue weighted by Gasteiger charge is -2.06. The molecule has 0 saturated heterocycles. The van der Waals surface area contributed by atoms with Gasteiger partial charge in [-0.15, -0.1) is 0 Å². The molecule has 102 valence electrons. The summed E-state index contributed by atoms with van der Waals surface area (Å²) in [5, 5.41) is 4.36. The van der Waals surface area contributed by atoms with Crippen molar-refractivity contribution in [2.45, 2.75) is 6.54 Å². The molecule has 0 spiro atoms. The number of thiocarbonyl (C=S) groups is 1. The molecule has 4 N–H and O–H groups in total. The van der Waals surface area contributed by atoms with Crippen LogP contribution < -0.4 is 16.4 Å². The first kappa shape index (κ1) is 15.0. The predicted molar refractivity (Wildman–Crippen MR) is 68.0 cm³/mol. The molecule has 5 nitrogen and oxygen atoms in total. The Morgan fingerprint density at radius 1 is 1.21 bits per heavy atom. The van der Waals surface area contributed by atoms with Gasteiger partial charge in [-0.1, -0.05) is 18.3 Å². The topological polar surface area (TPSA) is 84.2 Å². The second-order valence-corrected chi connectivity index (χ2v) is 4.09. The number of nitrogens with two attached hydrogens (primary N) is 1. The number of rotatable bonds is 4. The standard InChI is InChI=1S/C11H11F2N3O2S/c12-7-2-1-6(8(13)3-7)4-15-10(17)11(18)16-5-9(14)19/h1-3H,4-5H2,(H2,14,19)(H,15,17)(H,16,18). The Labute approximate surface area is 113 Å². The number of nitrogens with one attached hydrogen (secondary N) is 2. The minimum Gasteiger partial charge on any atom is -0.392 e. The summed E-state index contributed by atoms with van der Waals surface area (Å²) in [5.41, 5.74) is 5.21. The molecule has 0 radical (unpaired) electrons. The maximum absolute atomic E-state index is 13.2. The number of hydrogen-bond acceptors (Lipinski definition) is 3. The van der Waals surface area contributed by atoms with Gasteiger partial charge in [-0.05, 0) is 6.07 Å². The van der Waals surface area contributed by atoms with Crippen molar-refractivity contribution < 1.29 is 18.4 Å². The van der Waals surface area contributed by atoms with Gasteiger partial charge in [-0.2, -0.15) is 0 Å². The van der Waals surface area contributed by atoms with Gasteiger partial charge in [0.15, 0.2) is 0 Å². The highest BCUT2D eigenvalue weighted by molar-refractivity contribution is 7.80. The Hall–Kier alpha value is -2.09. The largest absolute Gasteiger partial charge is 0.392 e. The summed E-state index contributed by atoms with van der Waals surface area (Å²) in [7, 11) is 0. The molecule has 1 aromatic carbocycles. The first-order chi connectivity index (χ1) is 8.90. The Kier molecular flexibility index (Phi) is 5.31. The molecule has 2 amide bonds. The molecule has 0 aromatic heterocycles. The van der Waals surface area contributed by atoms with E-state index < -0.39 is 23.4 Å². The van der Waals surface area contributed by atoms with Crippen LogP contribution >= 0.6 is 12.2 Å². The van der Waals surface area contributed by atoms with Crippen molar-refractivity contribution in [1.82, 2.24) is 10.6 Å². The summed E-state index contributed by atoms with van der Waals surface area (Å²) in [6.07, 6.45) is 0. The van der Waals surface area contributed by atoms with Crippen LogP contribution in [0.1, 0.15) is 5.56 Å². The van der Waals surface area contributed by atoms with Crippen molar-refractivity contribution in [2.75, 3.05) is 6.54 Å². The minimum atomic E-state index is -0.958. The molecule has 8 heteroatoms. The predicted octanol–water partition coefficient (Wildman–Crippen LogP) is -0.0167. The summed E-state index contributed by atoms with van der Waals surface area (Å²) >= 11 is 4.52. The lowest BCUT2D eigenvalue weighted by Crippen LogP contribution is -2.42. The van der Waals surface area contributed by atoms with Crippen molar-refractivity contribution in [2.24, 2.45) is 5.73 Å². The summed E-state index contributed by atoms with van der Waals surface area (Å²) in [6.45, 7) is -0.335. The van der Waals surface area contributed by atoms with Crippen LogP contribution in [0.5, 0.6) is 0 Å². The molecule has 1 rings (SSSR count). The van der Waals surface area contributed by atoms with Gasteiger partial charge in [0.1, 0.15) is 11.6 Å². The van der Waals surface area contributed by atoms with Crippen molar-refractivity contribution in [1.29, 1.82) is 0 Å². The maximum Gasteiger partial charge on any atom is 0.309 e. The molecule has 0 heterocycles. The molecule has 0 bridgehead atoms. The van der Waals surface area contributed by atoms with Crippen molar-refractivity contribution in [3.05, 3.63) is 35.4 Å². The average molecular weight is 287 g/mol. The normalized spacial score (nSPS) is 9.79. The highest BCUT2D eigenvalue weighted by Gasteiger charge is 2.13. The summed E-state index contributed by atoms with van der Waals surface area (Å²) in [4.78, 5) is 22.6. The van der Waals surface area contributed by atoms with Gasteiger partial charge in [0.25, 0.3) is 0 Å². The number of carbonyl (C=O) groups excluding carboxylic acids is 2. The number of hydrogen-bond donors (Lipinski definition) is 3.